The summed E-state index contributed by atoms with van der Waals surface area (Å²) in [5.74, 6) is 0.346. The Morgan fingerprint density at radius 3 is 2.53 bits per heavy atom. The summed E-state index contributed by atoms with van der Waals surface area (Å²) in [7, 11) is 0. The molecular weight excluding hydrogens is 260 g/mol. The number of piperidine rings is 1. The van der Waals surface area contributed by atoms with Crippen molar-refractivity contribution in [2.24, 2.45) is 5.41 Å². The number of benzene rings is 1. The molecule has 3 rings (SSSR count). The molecule has 2 saturated heterocycles. The predicted molar refractivity (Wildman–Crippen MR) is 79.9 cm³/mol. The van der Waals surface area contributed by atoms with Crippen molar-refractivity contribution in [2.75, 3.05) is 24.5 Å². The molecule has 2 heterocycles. The quantitative estimate of drug-likeness (QED) is 0.857. The lowest BCUT2D eigenvalue weighted by Gasteiger charge is -2.32. The molecule has 0 radical (unpaired) electrons. The Bertz CT molecular complexity index is 469. The van der Waals surface area contributed by atoms with Crippen LogP contribution in [0.5, 0.6) is 0 Å². The first-order valence-electron chi connectivity index (χ1n) is 6.81. The van der Waals surface area contributed by atoms with Crippen molar-refractivity contribution in [3.05, 3.63) is 29.8 Å². The molecule has 2 aliphatic rings. The Balaban J connectivity index is 0.00000133. The summed E-state index contributed by atoms with van der Waals surface area (Å²) < 4.78 is 0. The van der Waals surface area contributed by atoms with Gasteiger partial charge in [-0.3, -0.25) is 4.79 Å². The lowest BCUT2D eigenvalue weighted by atomic mass is 9.77. The van der Waals surface area contributed by atoms with E-state index in [1.54, 1.807) is 0 Å². The van der Waals surface area contributed by atoms with Crippen molar-refractivity contribution < 1.29 is 4.79 Å². The molecule has 19 heavy (non-hydrogen) atoms. The molecule has 2 fully saturated rings. The summed E-state index contributed by atoms with van der Waals surface area (Å²) in [6, 6.07) is 8.19. The number of halogens is 1. The van der Waals surface area contributed by atoms with Gasteiger partial charge in [0, 0.05) is 12.2 Å². The molecule has 1 spiro atoms. The average Bonchev–Trinajstić information content (AvgIpc) is 2.69. The number of nitrogens with zero attached hydrogens (tertiary/aromatic N) is 1. The van der Waals surface area contributed by atoms with Crippen molar-refractivity contribution in [3.63, 3.8) is 0 Å². The average molecular weight is 281 g/mol. The second-order valence-corrected chi connectivity index (χ2v) is 5.52. The molecule has 0 unspecified atom stereocenters. The number of aryl methyl sites for hydroxylation is 1. The van der Waals surface area contributed by atoms with Crippen LogP contribution in [0.1, 0.15) is 24.8 Å². The van der Waals surface area contributed by atoms with Crippen LogP contribution in [-0.4, -0.2) is 25.5 Å². The first-order chi connectivity index (χ1) is 8.73. The fourth-order valence-electron chi connectivity index (χ4n) is 3.29. The minimum Gasteiger partial charge on any atom is -0.317 e. The smallest absolute Gasteiger partial charge is 0.233 e. The fraction of sp³-hybridized carbons (Fsp3) is 0.533. The minimum absolute atomic E-state index is 0. The van der Waals surface area contributed by atoms with Gasteiger partial charge in [-0.1, -0.05) is 18.2 Å². The summed E-state index contributed by atoms with van der Waals surface area (Å²) in [4.78, 5) is 14.7. The summed E-state index contributed by atoms with van der Waals surface area (Å²) >= 11 is 0. The number of anilines is 1. The first-order valence-corrected chi connectivity index (χ1v) is 6.81. The van der Waals surface area contributed by atoms with E-state index < -0.39 is 0 Å². The van der Waals surface area contributed by atoms with Gasteiger partial charge in [0.25, 0.3) is 0 Å². The van der Waals surface area contributed by atoms with E-state index in [1.165, 1.54) is 5.56 Å². The molecule has 1 aromatic rings. The Kier molecular flexibility index (Phi) is 4.16. The van der Waals surface area contributed by atoms with E-state index in [-0.39, 0.29) is 17.8 Å². The number of para-hydroxylation sites is 1. The van der Waals surface area contributed by atoms with Crippen LogP contribution < -0.4 is 10.2 Å². The molecule has 1 N–H and O–H groups in total. The zero-order chi connectivity index (χ0) is 12.6. The van der Waals surface area contributed by atoms with Crippen LogP contribution in [0.15, 0.2) is 24.3 Å². The molecule has 0 aromatic heterocycles. The number of carbonyl (C=O) groups excluding carboxylic acids is 1. The topological polar surface area (TPSA) is 32.3 Å². The summed E-state index contributed by atoms with van der Waals surface area (Å²) in [6.07, 6.45) is 3.00. The van der Waals surface area contributed by atoms with Crippen molar-refractivity contribution in [1.82, 2.24) is 5.32 Å². The maximum atomic E-state index is 12.7. The third-order valence-corrected chi connectivity index (χ3v) is 4.48. The van der Waals surface area contributed by atoms with Crippen LogP contribution in [0.2, 0.25) is 0 Å². The summed E-state index contributed by atoms with van der Waals surface area (Å²) in [5, 5.41) is 3.35. The van der Waals surface area contributed by atoms with Gasteiger partial charge in [0.2, 0.25) is 5.91 Å². The van der Waals surface area contributed by atoms with E-state index in [0.717, 1.165) is 44.6 Å². The molecular formula is C15H21ClN2O. The highest BCUT2D eigenvalue weighted by molar-refractivity contribution is 6.00. The third kappa shape index (κ3) is 2.37. The van der Waals surface area contributed by atoms with E-state index in [2.05, 4.69) is 24.4 Å². The van der Waals surface area contributed by atoms with Crippen LogP contribution in [0.3, 0.4) is 0 Å². The molecule has 1 amide bonds. The largest absolute Gasteiger partial charge is 0.317 e. The predicted octanol–water partition coefficient (Wildman–Crippen LogP) is 2.52. The SMILES string of the molecule is Cc1ccccc1N1CCC2(CCNCC2)C1=O.Cl. The van der Waals surface area contributed by atoms with Gasteiger partial charge in [-0.05, 0) is 50.9 Å². The highest BCUT2D eigenvalue weighted by Crippen LogP contribution is 2.42. The number of hydrogen-bond donors (Lipinski definition) is 1. The van der Waals surface area contributed by atoms with E-state index in [9.17, 15) is 4.79 Å². The van der Waals surface area contributed by atoms with Gasteiger partial charge in [0.1, 0.15) is 0 Å². The van der Waals surface area contributed by atoms with Gasteiger partial charge >= 0.3 is 0 Å². The maximum absolute atomic E-state index is 12.7. The molecule has 3 nitrogen and oxygen atoms in total. The number of amides is 1. The van der Waals surface area contributed by atoms with Crippen molar-refractivity contribution in [1.29, 1.82) is 0 Å². The zero-order valence-corrected chi connectivity index (χ0v) is 12.1. The van der Waals surface area contributed by atoms with E-state index in [1.807, 2.05) is 17.0 Å². The van der Waals surface area contributed by atoms with Gasteiger partial charge in [-0.2, -0.15) is 0 Å². The highest BCUT2D eigenvalue weighted by Gasteiger charge is 2.47. The number of rotatable bonds is 1. The monoisotopic (exact) mass is 280 g/mol. The van der Waals surface area contributed by atoms with Gasteiger partial charge in [-0.15, -0.1) is 12.4 Å². The zero-order valence-electron chi connectivity index (χ0n) is 11.3. The van der Waals surface area contributed by atoms with Crippen LogP contribution in [-0.2, 0) is 4.79 Å². The Morgan fingerprint density at radius 1 is 1.16 bits per heavy atom. The molecule has 0 bridgehead atoms. The Labute approximate surface area is 120 Å². The molecule has 0 aliphatic carbocycles. The van der Waals surface area contributed by atoms with Gasteiger partial charge in [-0.25, -0.2) is 0 Å². The van der Waals surface area contributed by atoms with Crippen molar-refractivity contribution in [3.8, 4) is 0 Å². The van der Waals surface area contributed by atoms with Gasteiger partial charge in [0.15, 0.2) is 0 Å². The van der Waals surface area contributed by atoms with Gasteiger partial charge in [0.05, 0.1) is 5.41 Å². The van der Waals surface area contributed by atoms with Crippen molar-refractivity contribution >= 4 is 24.0 Å². The molecule has 0 atom stereocenters. The molecule has 4 heteroatoms. The lowest BCUT2D eigenvalue weighted by Crippen LogP contribution is -2.42. The number of carbonyl (C=O) groups is 1. The molecule has 2 aliphatic heterocycles. The van der Waals surface area contributed by atoms with Gasteiger partial charge < -0.3 is 10.2 Å². The second-order valence-electron chi connectivity index (χ2n) is 5.52. The molecule has 0 saturated carbocycles. The highest BCUT2D eigenvalue weighted by atomic mass is 35.5. The molecule has 104 valence electrons. The van der Waals surface area contributed by atoms with E-state index >= 15 is 0 Å². The minimum atomic E-state index is -0.0759. The van der Waals surface area contributed by atoms with Crippen LogP contribution in [0.4, 0.5) is 5.69 Å². The first kappa shape index (κ1) is 14.4. The van der Waals surface area contributed by atoms with Crippen LogP contribution in [0, 0.1) is 12.3 Å². The maximum Gasteiger partial charge on any atom is 0.233 e. The third-order valence-electron chi connectivity index (χ3n) is 4.48. The van der Waals surface area contributed by atoms with Crippen LogP contribution in [0.25, 0.3) is 0 Å². The van der Waals surface area contributed by atoms with E-state index in [0.29, 0.717) is 5.91 Å². The van der Waals surface area contributed by atoms with Crippen LogP contribution >= 0.6 is 12.4 Å². The van der Waals surface area contributed by atoms with Crippen molar-refractivity contribution in [2.45, 2.75) is 26.2 Å². The van der Waals surface area contributed by atoms with E-state index in [4.69, 9.17) is 0 Å². The lowest BCUT2D eigenvalue weighted by molar-refractivity contribution is -0.126. The standard InChI is InChI=1S/C15H20N2O.ClH/c1-12-4-2-3-5-13(12)17-11-8-15(14(17)18)6-9-16-10-7-15;/h2-5,16H,6-11H2,1H3;1H. The second kappa shape index (κ2) is 5.51. The molecule has 1 aromatic carbocycles. The normalized spacial score (nSPS) is 21.5. The number of hydrogen-bond acceptors (Lipinski definition) is 2. The summed E-state index contributed by atoms with van der Waals surface area (Å²) in [5.41, 5.74) is 2.21. The summed E-state index contributed by atoms with van der Waals surface area (Å²) in [6.45, 7) is 4.92. The number of nitrogens with one attached hydrogen (secondary N) is 1. The fourth-order valence-corrected chi connectivity index (χ4v) is 3.29. The Morgan fingerprint density at radius 2 is 1.84 bits per heavy atom. The Hall–Kier alpha value is -1.06.